The van der Waals surface area contributed by atoms with Crippen molar-refractivity contribution >= 4 is 11.6 Å². The van der Waals surface area contributed by atoms with Crippen LogP contribution < -0.4 is 14.4 Å². The Morgan fingerprint density at radius 2 is 1.65 bits per heavy atom. The molecular weight excluding hydrogens is 431 g/mol. The van der Waals surface area contributed by atoms with E-state index in [0.29, 0.717) is 12.1 Å². The number of hydrogen-bond acceptors (Lipinski definition) is 4. The number of rotatable bonds is 5. The summed E-state index contributed by atoms with van der Waals surface area (Å²) in [6.07, 6.45) is 1.90. The SMILES string of the molecule is COc1cccc(CN2CCC3(CC2)CN(C(=O)c2ccc(F)cc2)c2ccc(OC)cc23)c1. The third kappa shape index (κ3) is 4.14. The fourth-order valence-electron chi connectivity index (χ4n) is 5.30. The molecule has 0 N–H and O–H groups in total. The van der Waals surface area contributed by atoms with Crippen molar-refractivity contribution in [2.24, 2.45) is 0 Å². The number of carbonyl (C=O) groups excluding carboxylic acids is 1. The van der Waals surface area contributed by atoms with Crippen LogP contribution in [0.4, 0.5) is 10.1 Å². The average Bonchev–Trinajstić information content (AvgIpc) is 3.19. The molecule has 5 nitrogen and oxygen atoms in total. The number of methoxy groups -OCH3 is 2. The van der Waals surface area contributed by atoms with Gasteiger partial charge in [0.1, 0.15) is 17.3 Å². The predicted molar refractivity (Wildman–Crippen MR) is 130 cm³/mol. The number of carbonyl (C=O) groups is 1. The largest absolute Gasteiger partial charge is 0.497 e. The highest BCUT2D eigenvalue weighted by Crippen LogP contribution is 2.48. The molecule has 2 aliphatic rings. The highest BCUT2D eigenvalue weighted by Gasteiger charge is 2.46. The van der Waals surface area contributed by atoms with E-state index in [2.05, 4.69) is 23.1 Å². The maximum Gasteiger partial charge on any atom is 0.258 e. The van der Waals surface area contributed by atoms with Crippen LogP contribution >= 0.6 is 0 Å². The molecule has 1 amide bonds. The maximum atomic E-state index is 13.4. The Kier molecular flexibility index (Phi) is 6.00. The molecule has 0 unspecified atom stereocenters. The second kappa shape index (κ2) is 9.11. The number of ether oxygens (including phenoxy) is 2. The highest BCUT2D eigenvalue weighted by atomic mass is 19.1. The molecule has 3 aromatic carbocycles. The number of piperidine rings is 1. The van der Waals surface area contributed by atoms with Crippen LogP contribution in [0.5, 0.6) is 11.5 Å². The van der Waals surface area contributed by atoms with Crippen molar-refractivity contribution in [1.29, 1.82) is 0 Å². The lowest BCUT2D eigenvalue weighted by Gasteiger charge is -2.40. The fourth-order valence-corrected chi connectivity index (χ4v) is 5.30. The molecule has 5 rings (SSSR count). The van der Waals surface area contributed by atoms with Gasteiger partial charge in [0, 0.05) is 29.8 Å². The molecule has 34 heavy (non-hydrogen) atoms. The number of anilines is 1. The third-order valence-electron chi connectivity index (χ3n) is 7.22. The Hall–Kier alpha value is -3.38. The molecule has 0 bridgehead atoms. The molecule has 0 atom stereocenters. The summed E-state index contributed by atoms with van der Waals surface area (Å²) in [4.78, 5) is 17.7. The number of nitrogens with zero attached hydrogens (tertiary/aromatic N) is 2. The fraction of sp³-hybridized carbons (Fsp3) is 0.321. The Bertz CT molecular complexity index is 1190. The van der Waals surface area contributed by atoms with Crippen molar-refractivity contribution in [3.05, 3.63) is 89.2 Å². The summed E-state index contributed by atoms with van der Waals surface area (Å²) < 4.78 is 24.3. The number of hydrogen-bond donors (Lipinski definition) is 0. The summed E-state index contributed by atoms with van der Waals surface area (Å²) in [5.41, 5.74) is 3.71. The molecule has 6 heteroatoms. The zero-order valence-corrected chi connectivity index (χ0v) is 19.6. The van der Waals surface area contributed by atoms with Gasteiger partial charge in [0.15, 0.2) is 0 Å². The molecule has 2 aliphatic heterocycles. The standard InChI is InChI=1S/C28H29FN2O3/c1-33-23-5-3-4-20(16-23)18-30-14-12-28(13-15-30)19-31(26-11-10-24(34-2)17-25(26)28)27(32)21-6-8-22(29)9-7-21/h3-11,16-17H,12-15,18-19H2,1-2H3. The van der Waals surface area contributed by atoms with Crippen LogP contribution in [0.1, 0.15) is 34.3 Å². The molecule has 2 heterocycles. The molecule has 0 saturated carbocycles. The lowest BCUT2D eigenvalue weighted by molar-refractivity contribution is 0.0975. The van der Waals surface area contributed by atoms with Crippen molar-refractivity contribution in [3.63, 3.8) is 0 Å². The zero-order valence-electron chi connectivity index (χ0n) is 19.6. The van der Waals surface area contributed by atoms with Gasteiger partial charge in [-0.15, -0.1) is 0 Å². The van der Waals surface area contributed by atoms with Crippen LogP contribution in [0.25, 0.3) is 0 Å². The van der Waals surface area contributed by atoms with Crippen LogP contribution in [-0.2, 0) is 12.0 Å². The Morgan fingerprint density at radius 1 is 0.941 bits per heavy atom. The second-order valence-electron chi connectivity index (χ2n) is 9.19. The molecule has 1 saturated heterocycles. The number of amides is 1. The molecular formula is C28H29FN2O3. The molecule has 176 valence electrons. The van der Waals surface area contributed by atoms with E-state index in [1.807, 2.05) is 29.2 Å². The predicted octanol–water partition coefficient (Wildman–Crippen LogP) is 5.04. The van der Waals surface area contributed by atoms with E-state index in [0.717, 1.165) is 49.7 Å². The molecule has 1 spiro atoms. The molecule has 1 fully saturated rings. The van der Waals surface area contributed by atoms with Crippen molar-refractivity contribution in [2.75, 3.05) is 38.8 Å². The first-order valence-electron chi connectivity index (χ1n) is 11.6. The van der Waals surface area contributed by atoms with Gasteiger partial charge in [-0.2, -0.15) is 0 Å². The highest BCUT2D eigenvalue weighted by molar-refractivity contribution is 6.07. The number of halogens is 1. The van der Waals surface area contributed by atoms with E-state index in [-0.39, 0.29) is 17.1 Å². The lowest BCUT2D eigenvalue weighted by atomic mass is 9.74. The van der Waals surface area contributed by atoms with Gasteiger partial charge in [-0.25, -0.2) is 4.39 Å². The Balaban J connectivity index is 1.38. The first-order chi connectivity index (χ1) is 16.5. The normalized spacial score (nSPS) is 17.0. The van der Waals surface area contributed by atoms with E-state index in [1.54, 1.807) is 26.4 Å². The quantitative estimate of drug-likeness (QED) is 0.535. The second-order valence-corrected chi connectivity index (χ2v) is 9.19. The van der Waals surface area contributed by atoms with E-state index < -0.39 is 0 Å². The van der Waals surface area contributed by atoms with Crippen LogP contribution in [0.2, 0.25) is 0 Å². The van der Waals surface area contributed by atoms with Gasteiger partial charge in [0.05, 0.1) is 14.2 Å². The van der Waals surface area contributed by atoms with Crippen LogP contribution in [0.3, 0.4) is 0 Å². The van der Waals surface area contributed by atoms with Crippen molar-refractivity contribution < 1.29 is 18.7 Å². The van der Waals surface area contributed by atoms with Gasteiger partial charge < -0.3 is 14.4 Å². The third-order valence-corrected chi connectivity index (χ3v) is 7.22. The van der Waals surface area contributed by atoms with Gasteiger partial charge in [0.2, 0.25) is 0 Å². The minimum atomic E-state index is -0.344. The lowest BCUT2D eigenvalue weighted by Crippen LogP contribution is -2.45. The van der Waals surface area contributed by atoms with Crippen molar-refractivity contribution in [2.45, 2.75) is 24.8 Å². The van der Waals surface area contributed by atoms with Crippen LogP contribution in [0, 0.1) is 5.82 Å². The van der Waals surface area contributed by atoms with Crippen LogP contribution in [-0.4, -0.2) is 44.7 Å². The Morgan fingerprint density at radius 3 is 2.35 bits per heavy atom. The number of likely N-dealkylation sites (tertiary alicyclic amines) is 1. The summed E-state index contributed by atoms with van der Waals surface area (Å²) in [6.45, 7) is 3.37. The smallest absolute Gasteiger partial charge is 0.258 e. The van der Waals surface area contributed by atoms with Gasteiger partial charge in [0.25, 0.3) is 5.91 Å². The molecule has 0 aliphatic carbocycles. The summed E-state index contributed by atoms with van der Waals surface area (Å²) in [5, 5.41) is 0. The van der Waals surface area contributed by atoms with Gasteiger partial charge in [-0.3, -0.25) is 9.69 Å². The topological polar surface area (TPSA) is 42.0 Å². The van der Waals surface area contributed by atoms with Gasteiger partial charge >= 0.3 is 0 Å². The van der Waals surface area contributed by atoms with E-state index in [4.69, 9.17) is 9.47 Å². The van der Waals surface area contributed by atoms with Crippen molar-refractivity contribution in [1.82, 2.24) is 4.90 Å². The van der Waals surface area contributed by atoms with E-state index in [1.165, 1.54) is 23.3 Å². The van der Waals surface area contributed by atoms with Crippen molar-refractivity contribution in [3.8, 4) is 11.5 Å². The number of fused-ring (bicyclic) bond motifs is 2. The van der Waals surface area contributed by atoms with E-state index >= 15 is 0 Å². The Labute approximate surface area is 199 Å². The summed E-state index contributed by atoms with van der Waals surface area (Å²) in [7, 11) is 3.36. The minimum Gasteiger partial charge on any atom is -0.497 e. The summed E-state index contributed by atoms with van der Waals surface area (Å²) in [5.74, 6) is 1.23. The number of benzene rings is 3. The molecule has 0 radical (unpaired) electrons. The first-order valence-corrected chi connectivity index (χ1v) is 11.6. The first kappa shape index (κ1) is 22.4. The summed E-state index contributed by atoms with van der Waals surface area (Å²) in [6, 6.07) is 20.0. The zero-order chi connectivity index (χ0) is 23.7. The molecule has 0 aromatic heterocycles. The van der Waals surface area contributed by atoms with E-state index in [9.17, 15) is 9.18 Å². The van der Waals surface area contributed by atoms with Crippen LogP contribution in [0.15, 0.2) is 66.7 Å². The van der Waals surface area contributed by atoms with Gasteiger partial charge in [-0.05, 0) is 91.7 Å². The summed E-state index contributed by atoms with van der Waals surface area (Å²) >= 11 is 0. The van der Waals surface area contributed by atoms with Gasteiger partial charge in [-0.1, -0.05) is 12.1 Å². The monoisotopic (exact) mass is 460 g/mol. The average molecular weight is 461 g/mol. The molecule has 3 aromatic rings. The maximum absolute atomic E-state index is 13.4. The minimum absolute atomic E-state index is 0.0953.